The summed E-state index contributed by atoms with van der Waals surface area (Å²) in [5.74, 6) is 0.546. The van der Waals surface area contributed by atoms with Crippen molar-refractivity contribution in [3.63, 3.8) is 0 Å². The first-order chi connectivity index (χ1) is 11.4. The molecule has 6 nitrogen and oxygen atoms in total. The summed E-state index contributed by atoms with van der Waals surface area (Å²) in [4.78, 5) is 12.3. The van der Waals surface area contributed by atoms with E-state index >= 15 is 0 Å². The van der Waals surface area contributed by atoms with Gasteiger partial charge in [-0.3, -0.25) is 4.79 Å². The van der Waals surface area contributed by atoms with E-state index in [2.05, 4.69) is 5.32 Å². The van der Waals surface area contributed by atoms with E-state index in [1.807, 2.05) is 0 Å². The molecule has 0 aliphatic heterocycles. The highest BCUT2D eigenvalue weighted by Crippen LogP contribution is 2.24. The van der Waals surface area contributed by atoms with Crippen LogP contribution < -0.4 is 10.5 Å². The number of sulfonamides is 1. The molecule has 3 rings (SSSR count). The van der Waals surface area contributed by atoms with Crippen LogP contribution in [0.3, 0.4) is 0 Å². The van der Waals surface area contributed by atoms with Gasteiger partial charge in [0.05, 0.1) is 4.90 Å². The maximum absolute atomic E-state index is 12.2. The molecule has 1 amide bonds. The number of amides is 1. The van der Waals surface area contributed by atoms with E-state index in [1.54, 1.807) is 24.3 Å². The van der Waals surface area contributed by atoms with Crippen molar-refractivity contribution in [2.45, 2.75) is 43.0 Å². The molecule has 0 atom stereocenters. The highest BCUT2D eigenvalue weighted by atomic mass is 32.2. The molecule has 1 aromatic carbocycles. The van der Waals surface area contributed by atoms with Crippen LogP contribution in [-0.4, -0.2) is 20.4 Å². The summed E-state index contributed by atoms with van der Waals surface area (Å²) in [6.45, 7) is 0. The van der Waals surface area contributed by atoms with Crippen LogP contribution >= 0.6 is 0 Å². The molecule has 128 valence electrons. The Balaban J connectivity index is 1.71. The first kappa shape index (κ1) is 16.7. The lowest BCUT2D eigenvalue weighted by Gasteiger charge is -2.22. The van der Waals surface area contributed by atoms with Gasteiger partial charge < -0.3 is 9.73 Å². The molecule has 24 heavy (non-hydrogen) atoms. The van der Waals surface area contributed by atoms with E-state index in [1.165, 1.54) is 18.6 Å². The van der Waals surface area contributed by atoms with Crippen molar-refractivity contribution in [3.05, 3.63) is 42.2 Å². The first-order valence-electron chi connectivity index (χ1n) is 7.97. The monoisotopic (exact) mass is 348 g/mol. The third-order valence-electron chi connectivity index (χ3n) is 4.24. The number of benzene rings is 1. The maximum Gasteiger partial charge on any atom is 0.287 e. The Kier molecular flexibility index (Phi) is 4.73. The highest BCUT2D eigenvalue weighted by Gasteiger charge is 2.19. The predicted octanol–water partition coefficient (Wildman–Crippen LogP) is 2.66. The summed E-state index contributed by atoms with van der Waals surface area (Å²) in [6.07, 6.45) is 5.53. The minimum absolute atomic E-state index is 0.0353. The molecule has 0 unspecified atom stereocenters. The van der Waals surface area contributed by atoms with Gasteiger partial charge in [-0.15, -0.1) is 0 Å². The summed E-state index contributed by atoms with van der Waals surface area (Å²) in [6, 6.07) is 9.56. The quantitative estimate of drug-likeness (QED) is 0.886. The van der Waals surface area contributed by atoms with Crippen LogP contribution in [0.5, 0.6) is 0 Å². The fourth-order valence-electron chi connectivity index (χ4n) is 2.93. The maximum atomic E-state index is 12.2. The highest BCUT2D eigenvalue weighted by molar-refractivity contribution is 7.89. The summed E-state index contributed by atoms with van der Waals surface area (Å²) < 4.78 is 28.1. The summed E-state index contributed by atoms with van der Waals surface area (Å²) in [7, 11) is -3.72. The third kappa shape index (κ3) is 3.85. The Bertz CT molecular complexity index is 819. The third-order valence-corrected chi connectivity index (χ3v) is 5.17. The predicted molar refractivity (Wildman–Crippen MR) is 89.9 cm³/mol. The lowest BCUT2D eigenvalue weighted by Crippen LogP contribution is -2.35. The van der Waals surface area contributed by atoms with Crippen molar-refractivity contribution in [2.24, 2.45) is 5.14 Å². The molecule has 7 heteroatoms. The zero-order valence-corrected chi connectivity index (χ0v) is 14.0. The van der Waals surface area contributed by atoms with Gasteiger partial charge in [-0.05, 0) is 49.2 Å². The van der Waals surface area contributed by atoms with Gasteiger partial charge in [0.15, 0.2) is 5.76 Å². The Labute approximate surface area is 141 Å². The van der Waals surface area contributed by atoms with Crippen LogP contribution in [0.1, 0.15) is 42.7 Å². The van der Waals surface area contributed by atoms with Crippen molar-refractivity contribution in [2.75, 3.05) is 0 Å². The summed E-state index contributed by atoms with van der Waals surface area (Å²) in [5.41, 5.74) is 0.680. The molecule has 0 saturated heterocycles. The lowest BCUT2D eigenvalue weighted by molar-refractivity contribution is 0.0900. The second-order valence-corrected chi connectivity index (χ2v) is 7.60. The standard InChI is InChI=1S/C17H20N2O4S/c18-24(21,22)14-8-6-12(7-9-14)15-10-11-16(23-15)17(20)19-13-4-2-1-3-5-13/h6-11,13H,1-5H2,(H,19,20)(H2,18,21,22). The Morgan fingerprint density at radius 1 is 1.04 bits per heavy atom. The van der Waals surface area contributed by atoms with Crippen LogP contribution in [0.15, 0.2) is 45.7 Å². The van der Waals surface area contributed by atoms with E-state index in [0.717, 1.165) is 25.7 Å². The molecule has 0 spiro atoms. The number of carbonyl (C=O) groups is 1. The molecule has 0 bridgehead atoms. The molecule has 0 radical (unpaired) electrons. The van der Waals surface area contributed by atoms with Crippen LogP contribution in [0.2, 0.25) is 0 Å². The first-order valence-corrected chi connectivity index (χ1v) is 9.52. The van der Waals surface area contributed by atoms with Gasteiger partial charge in [-0.1, -0.05) is 19.3 Å². The van der Waals surface area contributed by atoms with E-state index in [0.29, 0.717) is 11.3 Å². The van der Waals surface area contributed by atoms with Crippen LogP contribution in [-0.2, 0) is 10.0 Å². The molecule has 1 aromatic heterocycles. The fraction of sp³-hybridized carbons (Fsp3) is 0.353. The van der Waals surface area contributed by atoms with Gasteiger partial charge in [0, 0.05) is 11.6 Å². The van der Waals surface area contributed by atoms with Gasteiger partial charge in [0.1, 0.15) is 5.76 Å². The van der Waals surface area contributed by atoms with Crippen molar-refractivity contribution in [1.29, 1.82) is 0 Å². The summed E-state index contributed by atoms with van der Waals surface area (Å²) >= 11 is 0. The van der Waals surface area contributed by atoms with E-state index < -0.39 is 10.0 Å². The van der Waals surface area contributed by atoms with Crippen molar-refractivity contribution in [1.82, 2.24) is 5.32 Å². The Morgan fingerprint density at radius 2 is 1.71 bits per heavy atom. The van der Waals surface area contributed by atoms with Crippen molar-refractivity contribution in [3.8, 4) is 11.3 Å². The van der Waals surface area contributed by atoms with Gasteiger partial charge in [-0.25, -0.2) is 13.6 Å². The molecular formula is C17H20N2O4S. The number of furan rings is 1. The number of rotatable bonds is 4. The van der Waals surface area contributed by atoms with Gasteiger partial charge >= 0.3 is 0 Å². The molecular weight excluding hydrogens is 328 g/mol. The molecule has 1 saturated carbocycles. The van der Waals surface area contributed by atoms with Gasteiger partial charge in [0.25, 0.3) is 5.91 Å². The number of carbonyl (C=O) groups excluding carboxylic acids is 1. The molecule has 3 N–H and O–H groups in total. The smallest absolute Gasteiger partial charge is 0.287 e. The average Bonchev–Trinajstić information content (AvgIpc) is 3.05. The Morgan fingerprint density at radius 3 is 2.33 bits per heavy atom. The lowest BCUT2D eigenvalue weighted by atomic mass is 9.95. The number of primary sulfonamides is 1. The largest absolute Gasteiger partial charge is 0.451 e. The molecule has 1 fully saturated rings. The molecule has 1 aliphatic carbocycles. The molecule has 2 aromatic rings. The second-order valence-electron chi connectivity index (χ2n) is 6.04. The second kappa shape index (κ2) is 6.78. The van der Waals surface area contributed by atoms with Crippen LogP contribution in [0.4, 0.5) is 0 Å². The number of hydrogen-bond acceptors (Lipinski definition) is 4. The number of nitrogens with two attached hydrogens (primary N) is 1. The van der Waals surface area contributed by atoms with E-state index in [4.69, 9.17) is 9.56 Å². The molecule has 1 heterocycles. The average molecular weight is 348 g/mol. The minimum atomic E-state index is -3.72. The number of nitrogens with one attached hydrogen (secondary N) is 1. The Hall–Kier alpha value is -2.12. The number of hydrogen-bond donors (Lipinski definition) is 2. The topological polar surface area (TPSA) is 102 Å². The normalized spacial score (nSPS) is 16.0. The molecule has 1 aliphatic rings. The van der Waals surface area contributed by atoms with E-state index in [9.17, 15) is 13.2 Å². The zero-order chi connectivity index (χ0) is 17.2. The zero-order valence-electron chi connectivity index (χ0n) is 13.2. The fourth-order valence-corrected chi connectivity index (χ4v) is 3.44. The van der Waals surface area contributed by atoms with Gasteiger partial charge in [-0.2, -0.15) is 0 Å². The summed E-state index contributed by atoms with van der Waals surface area (Å²) in [5, 5.41) is 8.07. The van der Waals surface area contributed by atoms with Crippen LogP contribution in [0, 0.1) is 0 Å². The van der Waals surface area contributed by atoms with Crippen molar-refractivity contribution >= 4 is 15.9 Å². The van der Waals surface area contributed by atoms with E-state index in [-0.39, 0.29) is 22.6 Å². The minimum Gasteiger partial charge on any atom is -0.451 e. The van der Waals surface area contributed by atoms with Gasteiger partial charge in [0.2, 0.25) is 10.0 Å². The van der Waals surface area contributed by atoms with Crippen LogP contribution in [0.25, 0.3) is 11.3 Å². The van der Waals surface area contributed by atoms with Crippen molar-refractivity contribution < 1.29 is 17.6 Å². The SMILES string of the molecule is NS(=O)(=O)c1ccc(-c2ccc(C(=O)NC3CCCCC3)o2)cc1.